The molecule has 1 heterocycles. The van der Waals surface area contributed by atoms with E-state index in [0.717, 1.165) is 0 Å². The van der Waals surface area contributed by atoms with Crippen molar-refractivity contribution in [3.05, 3.63) is 0 Å². The molecule has 9 unspecified atom stereocenters. The Morgan fingerprint density at radius 1 is 0.826 bits per heavy atom. The van der Waals surface area contributed by atoms with E-state index in [4.69, 9.17) is 24.8 Å². The summed E-state index contributed by atoms with van der Waals surface area (Å²) in [5.41, 5.74) is 0. The molecule has 0 aromatic carbocycles. The highest BCUT2D eigenvalue weighted by Gasteiger charge is 2.48. The van der Waals surface area contributed by atoms with Gasteiger partial charge in [0, 0.05) is 0 Å². The van der Waals surface area contributed by atoms with Crippen molar-refractivity contribution in [2.45, 2.75) is 55.1 Å². The van der Waals surface area contributed by atoms with Crippen molar-refractivity contribution in [1.29, 1.82) is 0 Å². The molecule has 138 valence electrons. The molecule has 0 radical (unpaired) electrons. The molecule has 0 aliphatic carbocycles. The minimum absolute atomic E-state index is 0.754. The number of hydrogen-bond donors (Lipinski definition) is 9. The van der Waals surface area contributed by atoms with Gasteiger partial charge in [0.2, 0.25) is 0 Å². The second kappa shape index (κ2) is 9.15. The number of aliphatic hydroxyl groups excluding tert-OH is 9. The van der Waals surface area contributed by atoms with Gasteiger partial charge in [-0.25, -0.2) is 0 Å². The molecule has 9 N–H and O–H groups in total. The molecule has 1 saturated heterocycles. The summed E-state index contributed by atoms with van der Waals surface area (Å²) in [6, 6.07) is 0. The molecule has 0 aromatic heterocycles. The highest BCUT2D eigenvalue weighted by Crippen LogP contribution is 2.27. The van der Waals surface area contributed by atoms with Crippen LogP contribution in [0.5, 0.6) is 0 Å². The minimum Gasteiger partial charge on any atom is -0.394 e. The lowest BCUT2D eigenvalue weighted by molar-refractivity contribution is -0.248. The topological polar surface area (TPSA) is 201 Å². The second-order valence-electron chi connectivity index (χ2n) is 5.29. The molecule has 11 heteroatoms. The van der Waals surface area contributed by atoms with Gasteiger partial charge in [0.1, 0.15) is 48.8 Å². The van der Waals surface area contributed by atoms with Gasteiger partial charge in [-0.2, -0.15) is 0 Å². The largest absolute Gasteiger partial charge is 0.394 e. The smallest absolute Gasteiger partial charge is 0.187 e. The molecule has 23 heavy (non-hydrogen) atoms. The van der Waals surface area contributed by atoms with Crippen molar-refractivity contribution < 1.29 is 55.4 Å². The highest BCUT2D eigenvalue weighted by atomic mass is 16.7. The van der Waals surface area contributed by atoms with E-state index in [-0.39, 0.29) is 0 Å². The van der Waals surface area contributed by atoms with E-state index in [1.54, 1.807) is 0 Å². The van der Waals surface area contributed by atoms with Gasteiger partial charge in [0.15, 0.2) is 6.29 Å². The first-order valence-corrected chi connectivity index (χ1v) is 7.00. The molecule has 1 fully saturated rings. The minimum atomic E-state index is -1.84. The molecule has 0 spiro atoms. The molecular formula is C12H24O11. The zero-order chi connectivity index (χ0) is 17.7. The molecule has 0 aromatic rings. The van der Waals surface area contributed by atoms with E-state index in [0.29, 0.717) is 0 Å². The summed E-state index contributed by atoms with van der Waals surface area (Å²) >= 11 is 0. The van der Waals surface area contributed by atoms with Gasteiger partial charge in [-0.1, -0.05) is 0 Å². The Morgan fingerprint density at radius 2 is 1.39 bits per heavy atom. The van der Waals surface area contributed by atoms with Gasteiger partial charge in [-0.05, 0) is 0 Å². The molecule has 0 saturated carbocycles. The Kier molecular flexibility index (Phi) is 8.20. The van der Waals surface area contributed by atoms with Crippen molar-refractivity contribution in [2.24, 2.45) is 0 Å². The molecule has 0 amide bonds. The predicted octanol–water partition coefficient (Wildman–Crippen LogP) is -5.76. The Morgan fingerprint density at radius 3 is 1.87 bits per heavy atom. The Labute approximate surface area is 131 Å². The van der Waals surface area contributed by atoms with E-state index in [2.05, 4.69) is 0 Å². The first-order valence-electron chi connectivity index (χ1n) is 7.00. The zero-order valence-corrected chi connectivity index (χ0v) is 12.2. The summed E-state index contributed by atoms with van der Waals surface area (Å²) in [7, 11) is 0. The number of ether oxygens (including phenoxy) is 2. The Balaban J connectivity index is 2.83. The molecular weight excluding hydrogens is 320 g/mol. The third-order valence-corrected chi connectivity index (χ3v) is 3.60. The summed E-state index contributed by atoms with van der Waals surface area (Å²) < 4.78 is 10.1. The van der Waals surface area contributed by atoms with Crippen molar-refractivity contribution in [3.63, 3.8) is 0 Å². The number of rotatable bonds is 9. The van der Waals surface area contributed by atoms with Crippen LogP contribution in [0.2, 0.25) is 0 Å². The lowest BCUT2D eigenvalue weighted by atomic mass is 10.0. The Hall–Kier alpha value is -0.440. The van der Waals surface area contributed by atoms with Gasteiger partial charge in [-0.15, -0.1) is 0 Å². The van der Waals surface area contributed by atoms with Gasteiger partial charge < -0.3 is 55.4 Å². The van der Waals surface area contributed by atoms with Crippen LogP contribution in [0.1, 0.15) is 0 Å². The van der Waals surface area contributed by atoms with Crippen molar-refractivity contribution in [2.75, 3.05) is 19.8 Å². The van der Waals surface area contributed by atoms with Crippen LogP contribution in [0.3, 0.4) is 0 Å². The summed E-state index contributed by atoms with van der Waals surface area (Å²) in [4.78, 5) is 0. The fraction of sp³-hybridized carbons (Fsp3) is 1.00. The molecule has 1 rings (SSSR count). The normalized spacial score (nSPS) is 34.8. The average Bonchev–Trinajstić information content (AvgIpc) is 2.85. The Bertz CT molecular complexity index is 343. The van der Waals surface area contributed by atoms with Crippen LogP contribution in [0.4, 0.5) is 0 Å². The predicted molar refractivity (Wildman–Crippen MR) is 70.8 cm³/mol. The zero-order valence-electron chi connectivity index (χ0n) is 12.2. The summed E-state index contributed by atoms with van der Waals surface area (Å²) in [6.45, 7) is -2.48. The lowest BCUT2D eigenvalue weighted by Gasteiger charge is -2.31. The number of aliphatic hydroxyl groups is 9. The third-order valence-electron chi connectivity index (χ3n) is 3.60. The fourth-order valence-electron chi connectivity index (χ4n) is 2.19. The van der Waals surface area contributed by atoms with Crippen molar-refractivity contribution in [1.82, 2.24) is 0 Å². The monoisotopic (exact) mass is 344 g/mol. The van der Waals surface area contributed by atoms with Crippen molar-refractivity contribution in [3.8, 4) is 0 Å². The van der Waals surface area contributed by atoms with E-state index in [9.17, 15) is 30.6 Å². The van der Waals surface area contributed by atoms with Gasteiger partial charge in [-0.3, -0.25) is 0 Å². The van der Waals surface area contributed by atoms with Crippen LogP contribution in [0.15, 0.2) is 0 Å². The first kappa shape index (κ1) is 20.6. The molecule has 9 atom stereocenters. The maximum absolute atomic E-state index is 9.82. The van der Waals surface area contributed by atoms with Crippen LogP contribution in [0, 0.1) is 0 Å². The molecule has 0 bridgehead atoms. The summed E-state index contributed by atoms with van der Waals surface area (Å²) in [5.74, 6) is 0. The fourth-order valence-corrected chi connectivity index (χ4v) is 2.19. The average molecular weight is 344 g/mol. The van der Waals surface area contributed by atoms with Gasteiger partial charge in [0.05, 0.1) is 19.8 Å². The van der Waals surface area contributed by atoms with Crippen LogP contribution in [0.25, 0.3) is 0 Å². The van der Waals surface area contributed by atoms with E-state index >= 15 is 0 Å². The van der Waals surface area contributed by atoms with E-state index < -0.39 is 74.9 Å². The standard InChI is InChI=1S/C12H24O11/c13-1-4(16)7(19)10(5(17)2-14)22-12-9(21)8(20)11(23-12)6(18)3-15/h4-21H,1-3H2. The summed E-state index contributed by atoms with van der Waals surface area (Å²) in [6.07, 6.45) is -14.7. The maximum atomic E-state index is 9.82. The van der Waals surface area contributed by atoms with E-state index in [1.165, 1.54) is 0 Å². The van der Waals surface area contributed by atoms with E-state index in [1.807, 2.05) is 0 Å². The van der Waals surface area contributed by atoms with Crippen molar-refractivity contribution >= 4 is 0 Å². The maximum Gasteiger partial charge on any atom is 0.187 e. The SMILES string of the molecule is OCC(O)C(O)C(OC1OC(C(O)CO)C(O)C1O)C(O)CO. The molecule has 1 aliphatic rings. The lowest BCUT2D eigenvalue weighted by Crippen LogP contribution is -2.51. The third kappa shape index (κ3) is 4.78. The second-order valence-corrected chi connectivity index (χ2v) is 5.29. The molecule has 1 aliphatic heterocycles. The van der Waals surface area contributed by atoms with Crippen LogP contribution in [-0.2, 0) is 9.47 Å². The highest BCUT2D eigenvalue weighted by molar-refractivity contribution is 4.92. The quantitative estimate of drug-likeness (QED) is 0.193. The van der Waals surface area contributed by atoms with Crippen LogP contribution in [-0.4, -0.2) is 121 Å². The first-order chi connectivity index (χ1) is 10.8. The molecule has 11 nitrogen and oxygen atoms in total. The van der Waals surface area contributed by atoms with Gasteiger partial charge >= 0.3 is 0 Å². The number of hydrogen-bond acceptors (Lipinski definition) is 11. The van der Waals surface area contributed by atoms with Crippen LogP contribution >= 0.6 is 0 Å². The van der Waals surface area contributed by atoms with Crippen LogP contribution < -0.4 is 0 Å². The summed E-state index contributed by atoms with van der Waals surface area (Å²) in [5, 5.41) is 84.6. The van der Waals surface area contributed by atoms with Gasteiger partial charge in [0.25, 0.3) is 0 Å².